The Hall–Kier alpha value is -1.36. The number of fused-ring (bicyclic) bond motifs is 2. The standard InChI is InChI=1S/C11H17BN5O5P/c1-19-8-7-5(2-20-23(12,18)22-7)21-11(8)17-4-16-6-9(13)14-3-15-10(6)17/h3-5,7-8,11,18,23H,2,12H2,1H3,(H2,13,14,15)/t5-,7+,8?,11-/m1/s1. The molecule has 0 amide bonds. The van der Waals surface area contributed by atoms with Crippen molar-refractivity contribution in [3.8, 4) is 0 Å². The zero-order chi connectivity index (χ0) is 16.2. The number of nitrogens with zero attached hydrogens (tertiary/aromatic N) is 4. The van der Waals surface area contributed by atoms with Gasteiger partial charge in [0.05, 0.1) is 0 Å². The van der Waals surface area contributed by atoms with E-state index in [0.717, 1.165) is 0 Å². The van der Waals surface area contributed by atoms with E-state index in [4.69, 9.17) is 24.3 Å². The van der Waals surface area contributed by atoms with Crippen LogP contribution in [0.1, 0.15) is 6.23 Å². The molecule has 2 aliphatic rings. The predicted octanol–water partition coefficient (Wildman–Crippen LogP) is -1.23. The van der Waals surface area contributed by atoms with Crippen LogP contribution in [0.4, 0.5) is 5.82 Å². The number of anilines is 1. The summed E-state index contributed by atoms with van der Waals surface area (Å²) in [4.78, 5) is 22.5. The van der Waals surface area contributed by atoms with E-state index < -0.39 is 26.3 Å². The van der Waals surface area contributed by atoms with Gasteiger partial charge in [-0.2, -0.15) is 0 Å². The van der Waals surface area contributed by atoms with Crippen molar-refractivity contribution in [2.45, 2.75) is 24.5 Å². The van der Waals surface area contributed by atoms with Crippen LogP contribution in [0.15, 0.2) is 12.7 Å². The van der Waals surface area contributed by atoms with Crippen LogP contribution in [0, 0.1) is 0 Å². The number of methoxy groups -OCH3 is 1. The Balaban J connectivity index is 1.72. The van der Waals surface area contributed by atoms with E-state index in [9.17, 15) is 4.89 Å². The summed E-state index contributed by atoms with van der Waals surface area (Å²) in [5, 5.41) is 0. The van der Waals surface area contributed by atoms with Crippen molar-refractivity contribution in [1.82, 2.24) is 19.5 Å². The molecule has 2 aromatic heterocycles. The molecule has 4 atom stereocenters. The quantitative estimate of drug-likeness (QED) is 0.510. The van der Waals surface area contributed by atoms with Crippen LogP contribution < -0.4 is 5.73 Å². The molecule has 0 radical (unpaired) electrons. The van der Waals surface area contributed by atoms with Crippen molar-refractivity contribution < 1.29 is 23.4 Å². The number of aromatic nitrogens is 4. The van der Waals surface area contributed by atoms with Gasteiger partial charge < -0.3 is 0 Å². The van der Waals surface area contributed by atoms with Crippen molar-refractivity contribution in [1.29, 1.82) is 0 Å². The van der Waals surface area contributed by atoms with Gasteiger partial charge in [0.15, 0.2) is 0 Å². The minimum atomic E-state index is -3.14. The Kier molecular flexibility index (Phi) is 3.52. The Morgan fingerprint density at radius 2 is 2.30 bits per heavy atom. The maximum absolute atomic E-state index is 10.1. The molecule has 0 aromatic carbocycles. The van der Waals surface area contributed by atoms with Crippen molar-refractivity contribution in [2.24, 2.45) is 0 Å². The molecule has 124 valence electrons. The van der Waals surface area contributed by atoms with E-state index >= 15 is 0 Å². The first-order valence-corrected chi connectivity index (χ1v) is 9.42. The van der Waals surface area contributed by atoms with Gasteiger partial charge in [-0.25, -0.2) is 0 Å². The summed E-state index contributed by atoms with van der Waals surface area (Å²) >= 11 is 0. The molecule has 2 saturated heterocycles. The summed E-state index contributed by atoms with van der Waals surface area (Å²) in [7, 11) is 0.00167. The van der Waals surface area contributed by atoms with Crippen molar-refractivity contribution in [3.63, 3.8) is 0 Å². The van der Waals surface area contributed by atoms with Gasteiger partial charge in [0.1, 0.15) is 0 Å². The van der Waals surface area contributed by atoms with E-state index in [1.54, 1.807) is 25.6 Å². The molecule has 4 rings (SSSR count). The molecule has 0 saturated carbocycles. The van der Waals surface area contributed by atoms with Gasteiger partial charge >= 0.3 is 132 Å². The van der Waals surface area contributed by atoms with Crippen LogP contribution in [-0.2, 0) is 18.5 Å². The van der Waals surface area contributed by atoms with Crippen LogP contribution in [0.5, 0.6) is 0 Å². The molecule has 2 fully saturated rings. The number of hydrogen-bond acceptors (Lipinski definition) is 9. The fourth-order valence-corrected chi connectivity index (χ4v) is 4.37. The Bertz CT molecular complexity index is 745. The number of ether oxygens (including phenoxy) is 2. The molecule has 2 aromatic rings. The maximum atomic E-state index is 10.1. The summed E-state index contributed by atoms with van der Waals surface area (Å²) in [6, 6.07) is 0. The second-order valence-corrected chi connectivity index (χ2v) is 7.96. The number of rotatable bonds is 2. The summed E-state index contributed by atoms with van der Waals surface area (Å²) in [6.45, 7) is 0.254. The molecule has 1 unspecified atom stereocenters. The zero-order valence-electron chi connectivity index (χ0n) is 12.6. The Morgan fingerprint density at radius 3 is 3.09 bits per heavy atom. The summed E-state index contributed by atoms with van der Waals surface area (Å²) in [6.07, 6.45) is 1.25. The number of imidazole rings is 1. The second-order valence-electron chi connectivity index (χ2n) is 5.64. The van der Waals surface area contributed by atoms with Gasteiger partial charge in [-0.1, -0.05) is 0 Å². The first-order valence-electron chi connectivity index (χ1n) is 7.15. The third-order valence-corrected chi connectivity index (χ3v) is 5.50. The van der Waals surface area contributed by atoms with Crippen molar-refractivity contribution >= 4 is 32.4 Å². The molecule has 10 nitrogen and oxygen atoms in total. The fraction of sp³-hybridized carbons (Fsp3) is 0.545. The Labute approximate surface area is 132 Å². The molecule has 0 bridgehead atoms. The molecular formula is C11H17BN5O5P. The molecule has 0 aliphatic carbocycles. The second kappa shape index (κ2) is 5.33. The first kappa shape index (κ1) is 15.2. The van der Waals surface area contributed by atoms with E-state index in [-0.39, 0.29) is 12.7 Å². The molecule has 0 spiro atoms. The summed E-state index contributed by atoms with van der Waals surface area (Å²) in [5.74, 6) is 0.299. The Morgan fingerprint density at radius 1 is 1.48 bits per heavy atom. The summed E-state index contributed by atoms with van der Waals surface area (Å²) < 4.78 is 24.4. The predicted molar refractivity (Wildman–Crippen MR) is 84.3 cm³/mol. The van der Waals surface area contributed by atoms with Gasteiger partial charge in [0, 0.05) is 0 Å². The van der Waals surface area contributed by atoms with Crippen LogP contribution >= 0.6 is 7.82 Å². The number of nitrogens with two attached hydrogens (primary N) is 1. The molecule has 2 aliphatic heterocycles. The SMILES string of the molecule is B[PH]1(O)OC[C@H]2O[C@@H](n3cnc4c(N)ncnc43)C(OC)[C@H]2O1. The normalized spacial score (nSPS) is 34.3. The molecule has 23 heavy (non-hydrogen) atoms. The van der Waals surface area contributed by atoms with Crippen LogP contribution in [0.3, 0.4) is 0 Å². The molecular weight excluding hydrogens is 324 g/mol. The third kappa shape index (κ3) is 2.40. The van der Waals surface area contributed by atoms with Gasteiger partial charge in [0.2, 0.25) is 0 Å². The summed E-state index contributed by atoms with van der Waals surface area (Å²) in [5.41, 5.74) is 6.87. The van der Waals surface area contributed by atoms with Crippen LogP contribution in [-0.4, -0.2) is 64.0 Å². The van der Waals surface area contributed by atoms with Crippen molar-refractivity contribution in [3.05, 3.63) is 12.7 Å². The monoisotopic (exact) mass is 341 g/mol. The van der Waals surface area contributed by atoms with Gasteiger partial charge in [-0.15, -0.1) is 0 Å². The topological polar surface area (TPSA) is 127 Å². The molecule has 3 N–H and O–H groups in total. The average Bonchev–Trinajstić information content (AvgIpc) is 3.07. The van der Waals surface area contributed by atoms with E-state index in [1.807, 2.05) is 0 Å². The first-order chi connectivity index (χ1) is 11.0. The average molecular weight is 341 g/mol. The third-order valence-electron chi connectivity index (χ3n) is 4.09. The number of nitrogen functional groups attached to an aromatic ring is 1. The van der Waals surface area contributed by atoms with E-state index in [2.05, 4.69) is 15.0 Å². The van der Waals surface area contributed by atoms with Crippen LogP contribution in [0.25, 0.3) is 11.2 Å². The number of hydrogen-bond donors (Lipinski definition) is 2. The van der Waals surface area contributed by atoms with Crippen molar-refractivity contribution in [2.75, 3.05) is 19.5 Å². The van der Waals surface area contributed by atoms with Gasteiger partial charge in [-0.05, 0) is 0 Å². The van der Waals surface area contributed by atoms with E-state index in [0.29, 0.717) is 17.0 Å². The molecule has 12 heteroatoms. The van der Waals surface area contributed by atoms with Gasteiger partial charge in [0.25, 0.3) is 0 Å². The van der Waals surface area contributed by atoms with Crippen LogP contribution in [0.2, 0.25) is 0 Å². The molecule has 4 heterocycles. The zero-order valence-corrected chi connectivity index (χ0v) is 13.6. The minimum absolute atomic E-state index is 0.254. The fourth-order valence-electron chi connectivity index (χ4n) is 3.04. The van der Waals surface area contributed by atoms with Gasteiger partial charge in [-0.3, -0.25) is 0 Å². The van der Waals surface area contributed by atoms with E-state index in [1.165, 1.54) is 6.33 Å².